The lowest BCUT2D eigenvalue weighted by Gasteiger charge is -2.36. The molecule has 8 nitrogen and oxygen atoms in total. The molecule has 1 aliphatic rings. The van der Waals surface area contributed by atoms with Crippen molar-refractivity contribution >= 4 is 18.0 Å². The molecular formula is C19H24FNO7. The number of alkyl carbamates (subject to hydrolysis) is 1. The molecule has 0 unspecified atom stereocenters. The highest BCUT2D eigenvalue weighted by atomic mass is 19.1. The van der Waals surface area contributed by atoms with Crippen molar-refractivity contribution in [1.82, 2.24) is 5.32 Å². The van der Waals surface area contributed by atoms with Crippen molar-refractivity contribution in [2.45, 2.75) is 51.4 Å². The lowest BCUT2D eigenvalue weighted by Crippen LogP contribution is -2.50. The third-order valence-electron chi connectivity index (χ3n) is 3.98. The maximum absolute atomic E-state index is 14.4. The molecule has 154 valence electrons. The summed E-state index contributed by atoms with van der Waals surface area (Å²) in [5.74, 6) is -2.75. The second kappa shape index (κ2) is 8.45. The number of carbonyl (C=O) groups excluding carboxylic acids is 3. The first-order chi connectivity index (χ1) is 13.0. The number of halogens is 1. The SMILES string of the molecule is COC(=O)c1cc(OC2CC(NC(=O)OC(C)(C)C)C2)cc(F)c1C(=O)OC. The Morgan fingerprint density at radius 2 is 1.68 bits per heavy atom. The smallest absolute Gasteiger partial charge is 0.407 e. The number of benzene rings is 1. The van der Waals surface area contributed by atoms with Gasteiger partial charge >= 0.3 is 18.0 Å². The summed E-state index contributed by atoms with van der Waals surface area (Å²) in [7, 11) is 2.20. The van der Waals surface area contributed by atoms with Crippen molar-refractivity contribution in [3.63, 3.8) is 0 Å². The van der Waals surface area contributed by atoms with E-state index < -0.39 is 35.0 Å². The normalized spacial score (nSPS) is 18.5. The van der Waals surface area contributed by atoms with Crippen LogP contribution in [0.15, 0.2) is 12.1 Å². The van der Waals surface area contributed by atoms with Gasteiger partial charge in [-0.25, -0.2) is 18.8 Å². The highest BCUT2D eigenvalue weighted by molar-refractivity contribution is 6.03. The molecule has 0 heterocycles. The Kier molecular flexibility index (Phi) is 6.48. The van der Waals surface area contributed by atoms with Crippen LogP contribution in [0.4, 0.5) is 9.18 Å². The van der Waals surface area contributed by atoms with Crippen LogP contribution in [0.25, 0.3) is 0 Å². The van der Waals surface area contributed by atoms with E-state index in [9.17, 15) is 18.8 Å². The molecule has 1 saturated carbocycles. The van der Waals surface area contributed by atoms with Crippen LogP contribution in [0, 0.1) is 5.82 Å². The number of hydrogen-bond acceptors (Lipinski definition) is 7. The average molecular weight is 397 g/mol. The molecule has 1 aromatic rings. The molecule has 0 aromatic heterocycles. The fourth-order valence-electron chi connectivity index (χ4n) is 2.68. The van der Waals surface area contributed by atoms with E-state index >= 15 is 0 Å². The van der Waals surface area contributed by atoms with Crippen molar-refractivity contribution in [2.24, 2.45) is 0 Å². The van der Waals surface area contributed by atoms with Crippen molar-refractivity contribution in [3.8, 4) is 5.75 Å². The molecular weight excluding hydrogens is 373 g/mol. The monoisotopic (exact) mass is 397 g/mol. The first kappa shape index (κ1) is 21.5. The molecule has 1 N–H and O–H groups in total. The predicted octanol–water partition coefficient (Wildman–Crippen LogP) is 2.83. The summed E-state index contributed by atoms with van der Waals surface area (Å²) in [6, 6.07) is 2.11. The summed E-state index contributed by atoms with van der Waals surface area (Å²) in [5, 5.41) is 2.72. The zero-order valence-corrected chi connectivity index (χ0v) is 16.5. The van der Waals surface area contributed by atoms with Crippen molar-refractivity contribution in [2.75, 3.05) is 14.2 Å². The van der Waals surface area contributed by atoms with Gasteiger partial charge in [-0.3, -0.25) is 0 Å². The predicted molar refractivity (Wildman–Crippen MR) is 95.9 cm³/mol. The minimum absolute atomic E-state index is 0.0753. The molecule has 1 fully saturated rings. The van der Waals surface area contributed by atoms with Crippen LogP contribution >= 0.6 is 0 Å². The average Bonchev–Trinajstić information content (AvgIpc) is 2.56. The summed E-state index contributed by atoms with van der Waals surface area (Å²) in [5.41, 5.74) is -1.39. The van der Waals surface area contributed by atoms with Gasteiger partial charge in [0.25, 0.3) is 0 Å². The minimum atomic E-state index is -0.991. The van der Waals surface area contributed by atoms with Gasteiger partial charge in [-0.2, -0.15) is 0 Å². The van der Waals surface area contributed by atoms with Crippen molar-refractivity contribution < 1.29 is 37.7 Å². The topological polar surface area (TPSA) is 100 Å². The van der Waals surface area contributed by atoms with E-state index in [0.717, 1.165) is 20.3 Å². The highest BCUT2D eigenvalue weighted by Gasteiger charge is 2.34. The van der Waals surface area contributed by atoms with E-state index in [1.165, 1.54) is 6.07 Å². The summed E-state index contributed by atoms with van der Waals surface area (Å²) < 4.78 is 34.3. The van der Waals surface area contributed by atoms with Gasteiger partial charge in [-0.15, -0.1) is 0 Å². The molecule has 0 bridgehead atoms. The van der Waals surface area contributed by atoms with Gasteiger partial charge in [0.2, 0.25) is 0 Å². The van der Waals surface area contributed by atoms with Gasteiger partial charge < -0.3 is 24.3 Å². The second-order valence-electron chi connectivity index (χ2n) is 7.37. The summed E-state index contributed by atoms with van der Waals surface area (Å²) in [4.78, 5) is 35.4. The molecule has 0 radical (unpaired) electrons. The van der Waals surface area contributed by atoms with E-state index in [-0.39, 0.29) is 23.5 Å². The van der Waals surface area contributed by atoms with Crippen molar-refractivity contribution in [1.29, 1.82) is 0 Å². The van der Waals surface area contributed by atoms with Gasteiger partial charge in [0.15, 0.2) is 0 Å². The van der Waals surface area contributed by atoms with Gasteiger partial charge in [0, 0.05) is 24.9 Å². The fraction of sp³-hybridized carbons (Fsp3) is 0.526. The molecule has 28 heavy (non-hydrogen) atoms. The van der Waals surface area contributed by atoms with Crippen LogP contribution in [-0.4, -0.2) is 50.0 Å². The number of methoxy groups -OCH3 is 2. The quantitative estimate of drug-likeness (QED) is 0.602. The van der Waals surface area contributed by atoms with Gasteiger partial charge in [0.1, 0.15) is 28.8 Å². The maximum atomic E-state index is 14.4. The molecule has 1 aromatic carbocycles. The van der Waals surface area contributed by atoms with Crippen LogP contribution in [0.5, 0.6) is 5.75 Å². The molecule has 9 heteroatoms. The van der Waals surface area contributed by atoms with E-state index in [0.29, 0.717) is 12.8 Å². The van der Waals surface area contributed by atoms with Crippen LogP contribution in [0.1, 0.15) is 54.3 Å². The number of carbonyl (C=O) groups is 3. The van der Waals surface area contributed by atoms with Crippen LogP contribution in [0.3, 0.4) is 0 Å². The largest absolute Gasteiger partial charge is 0.490 e. The second-order valence-corrected chi connectivity index (χ2v) is 7.37. The first-order valence-electron chi connectivity index (χ1n) is 8.70. The van der Waals surface area contributed by atoms with Gasteiger partial charge in [-0.1, -0.05) is 0 Å². The van der Waals surface area contributed by atoms with Gasteiger partial charge in [0.05, 0.1) is 19.8 Å². The Hall–Kier alpha value is -2.84. The standard InChI is InChI=1S/C19H24FNO7/c1-19(2,3)28-18(24)21-10-6-11(7-10)27-12-8-13(16(22)25-4)15(14(20)9-12)17(23)26-5/h8-11H,6-7H2,1-5H3,(H,21,24). The van der Waals surface area contributed by atoms with E-state index in [4.69, 9.17) is 9.47 Å². The third kappa shape index (κ3) is 5.34. The summed E-state index contributed by atoms with van der Waals surface area (Å²) in [6.45, 7) is 5.31. The number of nitrogens with one attached hydrogen (secondary N) is 1. The lowest BCUT2D eigenvalue weighted by atomic mass is 9.89. The Balaban J connectivity index is 2.02. The first-order valence-corrected chi connectivity index (χ1v) is 8.70. The van der Waals surface area contributed by atoms with E-state index in [2.05, 4.69) is 14.8 Å². The minimum Gasteiger partial charge on any atom is -0.490 e. The molecule has 0 aliphatic heterocycles. The van der Waals surface area contributed by atoms with E-state index in [1.807, 2.05) is 0 Å². The number of amides is 1. The third-order valence-corrected chi connectivity index (χ3v) is 3.98. The fourth-order valence-corrected chi connectivity index (χ4v) is 2.68. The zero-order chi connectivity index (χ0) is 21.1. The van der Waals surface area contributed by atoms with Crippen LogP contribution in [0.2, 0.25) is 0 Å². The molecule has 0 saturated heterocycles. The molecule has 0 spiro atoms. The Labute approximate surface area is 162 Å². The molecule has 2 rings (SSSR count). The Morgan fingerprint density at radius 3 is 2.21 bits per heavy atom. The molecule has 0 atom stereocenters. The number of esters is 2. The molecule has 1 aliphatic carbocycles. The highest BCUT2D eigenvalue weighted by Crippen LogP contribution is 2.29. The summed E-state index contributed by atoms with van der Waals surface area (Å²) in [6.07, 6.45) is 0.187. The van der Waals surface area contributed by atoms with Crippen LogP contribution in [-0.2, 0) is 14.2 Å². The number of ether oxygens (including phenoxy) is 4. The molecule has 1 amide bonds. The van der Waals surface area contributed by atoms with Crippen LogP contribution < -0.4 is 10.1 Å². The Bertz CT molecular complexity index is 766. The maximum Gasteiger partial charge on any atom is 0.407 e. The zero-order valence-electron chi connectivity index (χ0n) is 16.5. The number of rotatable bonds is 5. The van der Waals surface area contributed by atoms with E-state index in [1.54, 1.807) is 20.8 Å². The number of hydrogen-bond donors (Lipinski definition) is 1. The summed E-state index contributed by atoms with van der Waals surface area (Å²) >= 11 is 0. The van der Waals surface area contributed by atoms with Crippen molar-refractivity contribution in [3.05, 3.63) is 29.1 Å². The lowest BCUT2D eigenvalue weighted by molar-refractivity contribution is 0.0360. The Morgan fingerprint density at radius 1 is 1.07 bits per heavy atom. The van der Waals surface area contributed by atoms with Gasteiger partial charge in [-0.05, 0) is 26.8 Å².